The fourth-order valence-corrected chi connectivity index (χ4v) is 1.74. The molecule has 0 aliphatic carbocycles. The average molecular weight is 265 g/mol. The van der Waals surface area contributed by atoms with Crippen molar-refractivity contribution in [1.29, 1.82) is 0 Å². The summed E-state index contributed by atoms with van der Waals surface area (Å²) in [6, 6.07) is 8.93. The number of ether oxygens (including phenoxy) is 2. The van der Waals surface area contributed by atoms with Gasteiger partial charge in [-0.1, -0.05) is 19.1 Å². The van der Waals surface area contributed by atoms with Crippen molar-refractivity contribution in [2.75, 3.05) is 26.9 Å². The normalized spacial score (nSPS) is 12.4. The molecule has 1 N–H and O–H groups in total. The van der Waals surface area contributed by atoms with E-state index < -0.39 is 0 Å². The van der Waals surface area contributed by atoms with Crippen LogP contribution < -0.4 is 10.1 Å². The SMILES string of the molecule is CCCOCCOc1ccc(CCC(C)NC)cc1. The van der Waals surface area contributed by atoms with Gasteiger partial charge in [0.25, 0.3) is 0 Å². The molecular weight excluding hydrogens is 238 g/mol. The summed E-state index contributed by atoms with van der Waals surface area (Å²) in [5.41, 5.74) is 1.36. The van der Waals surface area contributed by atoms with Gasteiger partial charge in [-0.2, -0.15) is 0 Å². The molecule has 0 aliphatic heterocycles. The van der Waals surface area contributed by atoms with Crippen molar-refractivity contribution in [3.05, 3.63) is 29.8 Å². The van der Waals surface area contributed by atoms with Crippen molar-refractivity contribution in [3.8, 4) is 5.75 Å². The number of aryl methyl sites for hydroxylation is 1. The fraction of sp³-hybridized carbons (Fsp3) is 0.625. The highest BCUT2D eigenvalue weighted by Gasteiger charge is 2.00. The summed E-state index contributed by atoms with van der Waals surface area (Å²) in [4.78, 5) is 0. The van der Waals surface area contributed by atoms with Gasteiger partial charge in [-0.15, -0.1) is 0 Å². The first-order chi connectivity index (χ1) is 9.26. The highest BCUT2D eigenvalue weighted by atomic mass is 16.5. The number of rotatable bonds is 10. The van der Waals surface area contributed by atoms with Crippen LogP contribution >= 0.6 is 0 Å². The zero-order valence-electron chi connectivity index (χ0n) is 12.4. The number of nitrogens with one attached hydrogen (secondary N) is 1. The average Bonchev–Trinajstić information content (AvgIpc) is 2.45. The van der Waals surface area contributed by atoms with Crippen LogP contribution in [0.1, 0.15) is 32.3 Å². The minimum Gasteiger partial charge on any atom is -0.491 e. The van der Waals surface area contributed by atoms with Crippen LogP contribution in [0, 0.1) is 0 Å². The lowest BCUT2D eigenvalue weighted by Crippen LogP contribution is -2.21. The summed E-state index contributed by atoms with van der Waals surface area (Å²) in [7, 11) is 2.00. The lowest BCUT2D eigenvalue weighted by atomic mass is 10.1. The summed E-state index contributed by atoms with van der Waals surface area (Å²) in [5, 5.41) is 3.25. The van der Waals surface area contributed by atoms with Crippen LogP contribution in [0.3, 0.4) is 0 Å². The molecule has 0 spiro atoms. The molecule has 1 aromatic carbocycles. The van der Waals surface area contributed by atoms with Gasteiger partial charge in [-0.25, -0.2) is 0 Å². The lowest BCUT2D eigenvalue weighted by Gasteiger charge is -2.10. The zero-order chi connectivity index (χ0) is 13.9. The smallest absolute Gasteiger partial charge is 0.119 e. The number of benzene rings is 1. The summed E-state index contributed by atoms with van der Waals surface area (Å²) in [6.07, 6.45) is 3.31. The quantitative estimate of drug-likeness (QED) is 0.660. The van der Waals surface area contributed by atoms with Gasteiger partial charge in [-0.05, 0) is 50.9 Å². The Balaban J connectivity index is 2.23. The predicted octanol–water partition coefficient (Wildman–Crippen LogP) is 3.03. The van der Waals surface area contributed by atoms with Crippen LogP contribution in [0.15, 0.2) is 24.3 Å². The van der Waals surface area contributed by atoms with E-state index in [1.165, 1.54) is 5.56 Å². The van der Waals surface area contributed by atoms with Gasteiger partial charge in [0.2, 0.25) is 0 Å². The molecule has 108 valence electrons. The Kier molecular flexibility index (Phi) is 8.26. The van der Waals surface area contributed by atoms with E-state index in [9.17, 15) is 0 Å². The third-order valence-corrected chi connectivity index (χ3v) is 3.13. The topological polar surface area (TPSA) is 30.5 Å². The highest BCUT2D eigenvalue weighted by molar-refractivity contribution is 5.27. The van der Waals surface area contributed by atoms with Crippen molar-refractivity contribution in [2.24, 2.45) is 0 Å². The Morgan fingerprint density at radius 2 is 1.84 bits per heavy atom. The third-order valence-electron chi connectivity index (χ3n) is 3.13. The highest BCUT2D eigenvalue weighted by Crippen LogP contribution is 2.13. The van der Waals surface area contributed by atoms with Crippen molar-refractivity contribution in [3.63, 3.8) is 0 Å². The molecule has 0 heterocycles. The molecule has 0 amide bonds. The molecule has 0 aromatic heterocycles. The first kappa shape index (κ1) is 16.0. The molecule has 0 saturated carbocycles. The van der Waals surface area contributed by atoms with Gasteiger partial charge < -0.3 is 14.8 Å². The van der Waals surface area contributed by atoms with Crippen LogP contribution in [0.2, 0.25) is 0 Å². The van der Waals surface area contributed by atoms with E-state index in [4.69, 9.17) is 9.47 Å². The van der Waals surface area contributed by atoms with Gasteiger partial charge in [0.15, 0.2) is 0 Å². The Morgan fingerprint density at radius 1 is 1.11 bits per heavy atom. The lowest BCUT2D eigenvalue weighted by molar-refractivity contribution is 0.101. The Hall–Kier alpha value is -1.06. The zero-order valence-corrected chi connectivity index (χ0v) is 12.4. The van der Waals surface area contributed by atoms with Crippen LogP contribution in [0.4, 0.5) is 0 Å². The van der Waals surface area contributed by atoms with E-state index in [0.717, 1.165) is 31.6 Å². The van der Waals surface area contributed by atoms with Crippen LogP contribution in [0.25, 0.3) is 0 Å². The maximum absolute atomic E-state index is 5.62. The Labute approximate surface area is 117 Å². The van der Waals surface area contributed by atoms with Crippen molar-refractivity contribution in [2.45, 2.75) is 39.2 Å². The van der Waals surface area contributed by atoms with E-state index in [-0.39, 0.29) is 0 Å². The Bertz CT molecular complexity index is 324. The third kappa shape index (κ3) is 7.19. The van der Waals surface area contributed by atoms with E-state index in [1.807, 2.05) is 19.2 Å². The number of hydrogen-bond acceptors (Lipinski definition) is 3. The van der Waals surface area contributed by atoms with E-state index >= 15 is 0 Å². The first-order valence-corrected chi connectivity index (χ1v) is 7.23. The van der Waals surface area contributed by atoms with E-state index in [0.29, 0.717) is 19.3 Å². The molecule has 0 fully saturated rings. The largest absolute Gasteiger partial charge is 0.491 e. The molecule has 0 aliphatic rings. The molecule has 3 nitrogen and oxygen atoms in total. The maximum Gasteiger partial charge on any atom is 0.119 e. The molecule has 0 radical (unpaired) electrons. The molecule has 1 atom stereocenters. The molecule has 1 aromatic rings. The first-order valence-electron chi connectivity index (χ1n) is 7.23. The van der Waals surface area contributed by atoms with Crippen molar-refractivity contribution in [1.82, 2.24) is 5.32 Å². The summed E-state index contributed by atoms with van der Waals surface area (Å²) >= 11 is 0. The second kappa shape index (κ2) is 9.82. The second-order valence-corrected chi connectivity index (χ2v) is 4.83. The molecule has 0 bridgehead atoms. The van der Waals surface area contributed by atoms with Gasteiger partial charge in [0.05, 0.1) is 6.61 Å². The fourth-order valence-electron chi connectivity index (χ4n) is 1.74. The monoisotopic (exact) mass is 265 g/mol. The molecule has 1 rings (SSSR count). The summed E-state index contributed by atoms with van der Waals surface area (Å²) < 4.78 is 11.0. The molecule has 0 saturated heterocycles. The number of hydrogen-bond donors (Lipinski definition) is 1. The molecule has 19 heavy (non-hydrogen) atoms. The van der Waals surface area contributed by atoms with Gasteiger partial charge >= 0.3 is 0 Å². The predicted molar refractivity (Wildman–Crippen MR) is 79.9 cm³/mol. The second-order valence-electron chi connectivity index (χ2n) is 4.83. The summed E-state index contributed by atoms with van der Waals surface area (Å²) in [6.45, 7) is 6.40. The van der Waals surface area contributed by atoms with Crippen molar-refractivity contribution < 1.29 is 9.47 Å². The minimum atomic E-state index is 0.562. The van der Waals surface area contributed by atoms with E-state index in [2.05, 4.69) is 31.3 Å². The van der Waals surface area contributed by atoms with Gasteiger partial charge in [-0.3, -0.25) is 0 Å². The standard InChI is InChI=1S/C16H27NO2/c1-4-11-18-12-13-19-16-9-7-15(8-10-16)6-5-14(2)17-3/h7-10,14,17H,4-6,11-13H2,1-3H3. The van der Waals surface area contributed by atoms with Gasteiger partial charge in [0, 0.05) is 12.6 Å². The maximum atomic E-state index is 5.62. The Morgan fingerprint density at radius 3 is 2.47 bits per heavy atom. The van der Waals surface area contributed by atoms with Crippen LogP contribution in [-0.4, -0.2) is 32.9 Å². The molecule has 3 heteroatoms. The van der Waals surface area contributed by atoms with Crippen molar-refractivity contribution >= 4 is 0 Å². The summed E-state index contributed by atoms with van der Waals surface area (Å²) in [5.74, 6) is 0.922. The van der Waals surface area contributed by atoms with Gasteiger partial charge in [0.1, 0.15) is 12.4 Å². The van der Waals surface area contributed by atoms with E-state index in [1.54, 1.807) is 0 Å². The molecule has 1 unspecified atom stereocenters. The molecular formula is C16H27NO2. The van der Waals surface area contributed by atoms with Crippen LogP contribution in [-0.2, 0) is 11.2 Å². The van der Waals surface area contributed by atoms with Crippen LogP contribution in [0.5, 0.6) is 5.75 Å². The minimum absolute atomic E-state index is 0.562.